The number of amides is 2. The summed E-state index contributed by atoms with van der Waals surface area (Å²) in [6.45, 7) is 2.00. The van der Waals surface area contributed by atoms with Gasteiger partial charge in [-0.2, -0.15) is 18.3 Å². The molecule has 0 unspecified atom stereocenters. The lowest BCUT2D eigenvalue weighted by Crippen LogP contribution is -2.40. The maximum atomic E-state index is 13.0. The van der Waals surface area contributed by atoms with Gasteiger partial charge in [-0.1, -0.05) is 22.8 Å². The minimum atomic E-state index is -4.58. The standard InChI is InChI=1S/C26H22ClF3N6O5S/c1-14-11-19(26(28,29)30)34-36(14)12-21(37)35-9-6-15(7-10-35)24-33-20(13-42-24)32-23(38)16-3-2-4-17(27)22(16)40-25(39)18-5-8-31-41-18/h2-5,8,11,13,15H,6-7,9-10,12H2,1H3,(H,32,38). The summed E-state index contributed by atoms with van der Waals surface area (Å²) in [5, 5.41) is 12.1. The van der Waals surface area contributed by atoms with Gasteiger partial charge in [-0.3, -0.25) is 14.3 Å². The maximum absolute atomic E-state index is 13.0. The van der Waals surface area contributed by atoms with E-state index >= 15 is 0 Å². The number of para-hydroxylation sites is 1. The van der Waals surface area contributed by atoms with Crippen LogP contribution in [0.15, 0.2) is 46.4 Å². The van der Waals surface area contributed by atoms with Gasteiger partial charge in [0.05, 0.1) is 21.8 Å². The summed E-state index contributed by atoms with van der Waals surface area (Å²) < 4.78 is 50.0. The molecule has 3 aromatic heterocycles. The minimum absolute atomic E-state index is 0.00603. The number of alkyl halides is 3. The highest BCUT2D eigenvalue weighted by Gasteiger charge is 2.35. The molecule has 0 atom stereocenters. The highest BCUT2D eigenvalue weighted by Crippen LogP contribution is 2.34. The number of rotatable bonds is 7. The first-order valence-electron chi connectivity index (χ1n) is 12.6. The Hall–Kier alpha value is -4.24. The third-order valence-electron chi connectivity index (χ3n) is 6.56. The lowest BCUT2D eigenvalue weighted by atomic mass is 9.97. The number of piperidine rings is 1. The Morgan fingerprint density at radius 1 is 1.21 bits per heavy atom. The van der Waals surface area contributed by atoms with Gasteiger partial charge in [0.2, 0.25) is 11.7 Å². The van der Waals surface area contributed by atoms with E-state index in [2.05, 4.69) is 20.6 Å². The Bertz CT molecular complexity index is 1610. The van der Waals surface area contributed by atoms with Crippen LogP contribution in [0, 0.1) is 6.92 Å². The van der Waals surface area contributed by atoms with Gasteiger partial charge in [-0.05, 0) is 38.0 Å². The van der Waals surface area contributed by atoms with Crippen LogP contribution in [0.25, 0.3) is 0 Å². The van der Waals surface area contributed by atoms with Crippen molar-refractivity contribution in [1.29, 1.82) is 0 Å². The van der Waals surface area contributed by atoms with Crippen LogP contribution < -0.4 is 10.1 Å². The van der Waals surface area contributed by atoms with E-state index in [4.69, 9.17) is 20.9 Å². The molecule has 0 aliphatic carbocycles. The average Bonchev–Trinajstić information content (AvgIpc) is 3.72. The smallest absolute Gasteiger partial charge is 0.418 e. The van der Waals surface area contributed by atoms with Crippen molar-refractivity contribution in [2.75, 3.05) is 18.4 Å². The summed E-state index contributed by atoms with van der Waals surface area (Å²) >= 11 is 7.55. The molecule has 1 aliphatic rings. The summed E-state index contributed by atoms with van der Waals surface area (Å²) in [5.41, 5.74) is -0.774. The molecule has 0 saturated carbocycles. The number of anilines is 1. The summed E-state index contributed by atoms with van der Waals surface area (Å²) in [6.07, 6.45) is -2.12. The highest BCUT2D eigenvalue weighted by atomic mass is 35.5. The van der Waals surface area contributed by atoms with E-state index < -0.39 is 23.7 Å². The van der Waals surface area contributed by atoms with Crippen molar-refractivity contribution in [2.24, 2.45) is 0 Å². The molecule has 0 bridgehead atoms. The normalized spacial score (nSPS) is 14.2. The van der Waals surface area contributed by atoms with Crippen molar-refractivity contribution in [3.05, 3.63) is 74.7 Å². The number of benzene rings is 1. The summed E-state index contributed by atoms with van der Waals surface area (Å²) in [7, 11) is 0. The van der Waals surface area contributed by atoms with Gasteiger partial charge in [-0.25, -0.2) is 9.78 Å². The Labute approximate surface area is 245 Å². The van der Waals surface area contributed by atoms with Gasteiger partial charge in [0.15, 0.2) is 11.4 Å². The van der Waals surface area contributed by atoms with Crippen LogP contribution >= 0.6 is 22.9 Å². The molecule has 4 heterocycles. The average molecular weight is 623 g/mol. The number of nitrogens with one attached hydrogen (secondary N) is 1. The number of hydrogen-bond donors (Lipinski definition) is 1. The topological polar surface area (TPSA) is 132 Å². The molecular formula is C26H22ClF3N6O5S. The molecule has 1 N–H and O–H groups in total. The van der Waals surface area contributed by atoms with Crippen LogP contribution in [0.3, 0.4) is 0 Å². The van der Waals surface area contributed by atoms with Crippen LogP contribution in [0.1, 0.15) is 56.1 Å². The zero-order chi connectivity index (χ0) is 30.0. The number of aromatic nitrogens is 4. The number of likely N-dealkylation sites (tertiary alicyclic amines) is 1. The largest absolute Gasteiger partial charge is 0.435 e. The van der Waals surface area contributed by atoms with E-state index in [-0.39, 0.29) is 46.2 Å². The van der Waals surface area contributed by atoms with E-state index in [1.807, 2.05) is 0 Å². The number of aryl methyl sites for hydroxylation is 1. The van der Waals surface area contributed by atoms with Crippen LogP contribution in [-0.2, 0) is 17.5 Å². The third-order valence-corrected chi connectivity index (χ3v) is 7.87. The van der Waals surface area contributed by atoms with Crippen LogP contribution in [0.2, 0.25) is 5.02 Å². The van der Waals surface area contributed by atoms with Gasteiger partial charge >= 0.3 is 12.1 Å². The van der Waals surface area contributed by atoms with Crippen LogP contribution in [0.4, 0.5) is 19.0 Å². The summed E-state index contributed by atoms with van der Waals surface area (Å²) in [6, 6.07) is 6.67. The van der Waals surface area contributed by atoms with E-state index in [1.165, 1.54) is 48.7 Å². The van der Waals surface area contributed by atoms with Gasteiger partial charge in [0.25, 0.3) is 5.91 Å². The molecule has 0 spiro atoms. The monoisotopic (exact) mass is 622 g/mol. The first kappa shape index (κ1) is 29.3. The number of thiazole rings is 1. The van der Waals surface area contributed by atoms with Crippen molar-refractivity contribution in [3.63, 3.8) is 0 Å². The second-order valence-electron chi connectivity index (χ2n) is 9.39. The van der Waals surface area contributed by atoms with E-state index in [0.29, 0.717) is 31.7 Å². The van der Waals surface area contributed by atoms with Crippen molar-refractivity contribution >= 4 is 46.5 Å². The van der Waals surface area contributed by atoms with Gasteiger partial charge in [-0.15, -0.1) is 11.3 Å². The van der Waals surface area contributed by atoms with E-state index in [0.717, 1.165) is 15.8 Å². The summed E-state index contributed by atoms with van der Waals surface area (Å²) in [5.74, 6) is -1.78. The second kappa shape index (κ2) is 11.9. The van der Waals surface area contributed by atoms with E-state index in [1.54, 1.807) is 10.3 Å². The first-order chi connectivity index (χ1) is 20.0. The Balaban J connectivity index is 1.18. The lowest BCUT2D eigenvalue weighted by molar-refractivity contribution is -0.142. The van der Waals surface area contributed by atoms with Crippen molar-refractivity contribution in [2.45, 2.75) is 38.4 Å². The number of halogens is 4. The van der Waals surface area contributed by atoms with E-state index in [9.17, 15) is 27.6 Å². The number of ether oxygens (including phenoxy) is 1. The fraction of sp³-hybridized carbons (Fsp3) is 0.308. The maximum Gasteiger partial charge on any atom is 0.435 e. The quantitative estimate of drug-likeness (QED) is 0.220. The Morgan fingerprint density at radius 3 is 2.64 bits per heavy atom. The SMILES string of the molecule is Cc1cc(C(F)(F)F)nn1CC(=O)N1CCC(c2nc(NC(=O)c3cccc(Cl)c3OC(=O)c3ccno3)cs2)CC1. The van der Waals surface area contributed by atoms with Gasteiger partial charge in [0, 0.05) is 36.1 Å². The van der Waals surface area contributed by atoms with Crippen LogP contribution in [0.5, 0.6) is 5.75 Å². The predicted octanol–water partition coefficient (Wildman–Crippen LogP) is 5.19. The number of carbonyl (C=O) groups is 3. The van der Waals surface area contributed by atoms with Crippen molar-refractivity contribution in [3.8, 4) is 5.75 Å². The molecule has 1 saturated heterocycles. The van der Waals surface area contributed by atoms with Crippen molar-refractivity contribution < 1.29 is 36.8 Å². The number of carbonyl (C=O) groups excluding carboxylic acids is 3. The minimum Gasteiger partial charge on any atom is -0.418 e. The zero-order valence-electron chi connectivity index (χ0n) is 21.9. The van der Waals surface area contributed by atoms with Gasteiger partial charge in [0.1, 0.15) is 12.4 Å². The molecule has 0 radical (unpaired) electrons. The molecule has 1 aliphatic heterocycles. The fourth-order valence-corrected chi connectivity index (χ4v) is 5.52. The van der Waals surface area contributed by atoms with Gasteiger partial charge < -0.3 is 19.5 Å². The molecule has 42 heavy (non-hydrogen) atoms. The molecule has 1 fully saturated rings. The number of esters is 1. The first-order valence-corrected chi connectivity index (χ1v) is 13.8. The molecule has 220 valence electrons. The Morgan fingerprint density at radius 2 is 1.98 bits per heavy atom. The molecule has 11 nitrogen and oxygen atoms in total. The zero-order valence-corrected chi connectivity index (χ0v) is 23.4. The molecule has 2 amide bonds. The second-order valence-corrected chi connectivity index (χ2v) is 10.7. The molecule has 4 aromatic rings. The van der Waals surface area contributed by atoms with Crippen molar-refractivity contribution in [1.82, 2.24) is 24.8 Å². The summed E-state index contributed by atoms with van der Waals surface area (Å²) in [4.78, 5) is 44.2. The molecule has 1 aromatic carbocycles. The lowest BCUT2D eigenvalue weighted by Gasteiger charge is -2.31. The molecule has 5 rings (SSSR count). The highest BCUT2D eigenvalue weighted by molar-refractivity contribution is 7.10. The molecule has 16 heteroatoms. The third kappa shape index (κ3) is 6.46. The molecular weight excluding hydrogens is 601 g/mol. The number of nitrogens with zero attached hydrogens (tertiary/aromatic N) is 5. The number of hydrogen-bond acceptors (Lipinski definition) is 9. The predicted molar refractivity (Wildman–Crippen MR) is 144 cm³/mol. The van der Waals surface area contributed by atoms with Crippen LogP contribution in [-0.4, -0.2) is 55.7 Å². The fourth-order valence-electron chi connectivity index (χ4n) is 4.38. The Kier molecular flexibility index (Phi) is 8.31.